The van der Waals surface area contributed by atoms with Crippen LogP contribution < -0.4 is 0 Å². The summed E-state index contributed by atoms with van der Waals surface area (Å²) in [6, 6.07) is 0. The fourth-order valence-electron chi connectivity index (χ4n) is 1.08. The zero-order valence-electron chi connectivity index (χ0n) is 5.87. The summed E-state index contributed by atoms with van der Waals surface area (Å²) in [5.41, 5.74) is 0.0718. The lowest BCUT2D eigenvalue weighted by molar-refractivity contribution is -0.118. The van der Waals surface area contributed by atoms with Crippen LogP contribution in [-0.4, -0.2) is 12.1 Å². The number of nitrogens with zero attached hydrogens (tertiary/aromatic N) is 1. The molecule has 0 aliphatic heterocycles. The molecule has 0 unspecified atom stereocenters. The molecule has 1 aliphatic carbocycles. The van der Waals surface area contributed by atoms with Crippen molar-refractivity contribution in [2.45, 2.75) is 19.3 Å². The van der Waals surface area contributed by atoms with Gasteiger partial charge in [0.1, 0.15) is 0 Å². The molecular weight excluding hydrogens is 146 g/mol. The molecule has 0 aromatic heterocycles. The van der Waals surface area contributed by atoms with Crippen LogP contribution >= 0.6 is 0 Å². The largest absolute Gasteiger partial charge is 0.298 e. The Morgan fingerprint density at radius 1 is 1.36 bits per heavy atom. The third-order valence-corrected chi connectivity index (χ3v) is 1.66. The highest BCUT2D eigenvalue weighted by molar-refractivity contribution is 6.12. The van der Waals surface area contributed by atoms with Gasteiger partial charge in [-0.15, -0.1) is 4.91 Å². The Bertz CT molecular complexity index is 242. The topological polar surface area (TPSA) is 63.6 Å². The van der Waals surface area contributed by atoms with Crippen LogP contribution in [0.3, 0.4) is 0 Å². The average molecular weight is 153 g/mol. The van der Waals surface area contributed by atoms with Crippen molar-refractivity contribution in [1.29, 1.82) is 0 Å². The third-order valence-electron chi connectivity index (χ3n) is 1.66. The number of aldehydes is 1. The lowest BCUT2D eigenvalue weighted by Crippen LogP contribution is -2.11. The van der Waals surface area contributed by atoms with Gasteiger partial charge < -0.3 is 0 Å². The number of carbonyl (C=O) groups excluding carboxylic acids is 2. The molecule has 0 atom stereocenters. The fraction of sp³-hybridized carbons (Fsp3) is 0.429. The molecular formula is C7H7NO3. The number of hydrogen-bond donors (Lipinski definition) is 0. The van der Waals surface area contributed by atoms with Crippen LogP contribution in [0.2, 0.25) is 0 Å². The predicted octanol–water partition coefficient (Wildman–Crippen LogP) is 0.959. The monoisotopic (exact) mass is 153 g/mol. The van der Waals surface area contributed by atoms with E-state index in [-0.39, 0.29) is 17.1 Å². The summed E-state index contributed by atoms with van der Waals surface area (Å²) >= 11 is 0. The quantitative estimate of drug-likeness (QED) is 0.337. The standard InChI is InChI=1S/C7H7NO3/c9-4-5-6(8-11)2-1-3-7(5)10/h4H,1-3H2. The maximum atomic E-state index is 10.9. The van der Waals surface area contributed by atoms with Crippen LogP contribution in [-0.2, 0) is 9.59 Å². The summed E-state index contributed by atoms with van der Waals surface area (Å²) in [5.74, 6) is -0.263. The summed E-state index contributed by atoms with van der Waals surface area (Å²) in [5, 5.41) is 2.63. The van der Waals surface area contributed by atoms with Crippen molar-refractivity contribution in [2.24, 2.45) is 5.18 Å². The van der Waals surface area contributed by atoms with Crippen LogP contribution in [0.5, 0.6) is 0 Å². The van der Waals surface area contributed by atoms with E-state index in [9.17, 15) is 14.5 Å². The fourth-order valence-corrected chi connectivity index (χ4v) is 1.08. The molecule has 0 aromatic carbocycles. The van der Waals surface area contributed by atoms with Crippen molar-refractivity contribution in [1.82, 2.24) is 0 Å². The lowest BCUT2D eigenvalue weighted by Gasteiger charge is -2.08. The molecule has 4 heteroatoms. The maximum absolute atomic E-state index is 10.9. The third kappa shape index (κ3) is 1.39. The number of Topliss-reactive ketones (excluding diaryl/α,β-unsaturated/α-hetero) is 1. The smallest absolute Gasteiger partial charge is 0.168 e. The van der Waals surface area contributed by atoms with Gasteiger partial charge in [-0.2, -0.15) is 0 Å². The van der Waals surface area contributed by atoms with E-state index in [2.05, 4.69) is 5.18 Å². The summed E-state index contributed by atoms with van der Waals surface area (Å²) in [6.07, 6.45) is 1.84. The molecule has 1 aliphatic rings. The Kier molecular flexibility index (Phi) is 2.25. The Morgan fingerprint density at radius 2 is 2.09 bits per heavy atom. The van der Waals surface area contributed by atoms with E-state index < -0.39 is 0 Å². The van der Waals surface area contributed by atoms with Gasteiger partial charge in [0.2, 0.25) is 0 Å². The predicted molar refractivity (Wildman–Crippen MR) is 37.7 cm³/mol. The molecule has 0 radical (unpaired) electrons. The van der Waals surface area contributed by atoms with Crippen LogP contribution in [0.15, 0.2) is 16.4 Å². The van der Waals surface area contributed by atoms with Gasteiger partial charge in [-0.3, -0.25) is 9.59 Å². The Morgan fingerprint density at radius 3 is 2.55 bits per heavy atom. The molecule has 0 saturated carbocycles. The van der Waals surface area contributed by atoms with Crippen molar-refractivity contribution in [3.05, 3.63) is 16.2 Å². The Hall–Kier alpha value is -1.32. The molecule has 1 rings (SSSR count). The highest BCUT2D eigenvalue weighted by Gasteiger charge is 2.20. The van der Waals surface area contributed by atoms with Crippen molar-refractivity contribution < 1.29 is 9.59 Å². The van der Waals surface area contributed by atoms with Crippen LogP contribution in [0, 0.1) is 4.91 Å². The molecule has 0 N–H and O–H groups in total. The van der Waals surface area contributed by atoms with Gasteiger partial charge in [-0.25, -0.2) is 0 Å². The minimum atomic E-state index is -0.263. The minimum absolute atomic E-state index is 0.0359. The molecule has 0 saturated heterocycles. The Labute approximate surface area is 63.3 Å². The van der Waals surface area contributed by atoms with E-state index >= 15 is 0 Å². The van der Waals surface area contributed by atoms with Gasteiger partial charge in [-0.05, 0) is 18.0 Å². The second-order valence-corrected chi connectivity index (χ2v) is 2.35. The van der Waals surface area contributed by atoms with Crippen LogP contribution in [0.1, 0.15) is 19.3 Å². The molecule has 0 bridgehead atoms. The van der Waals surface area contributed by atoms with Gasteiger partial charge in [0, 0.05) is 6.42 Å². The summed E-state index contributed by atoms with van der Waals surface area (Å²) in [4.78, 5) is 31.2. The van der Waals surface area contributed by atoms with Gasteiger partial charge in [-0.1, -0.05) is 0 Å². The van der Waals surface area contributed by atoms with E-state index in [0.717, 1.165) is 0 Å². The van der Waals surface area contributed by atoms with E-state index in [1.165, 1.54) is 0 Å². The number of rotatable bonds is 2. The van der Waals surface area contributed by atoms with Gasteiger partial charge in [0.25, 0.3) is 0 Å². The van der Waals surface area contributed by atoms with E-state index in [0.29, 0.717) is 25.5 Å². The first kappa shape index (κ1) is 7.78. The molecule has 0 heterocycles. The van der Waals surface area contributed by atoms with Gasteiger partial charge in [0.05, 0.1) is 11.3 Å². The zero-order chi connectivity index (χ0) is 8.27. The van der Waals surface area contributed by atoms with Crippen LogP contribution in [0.25, 0.3) is 0 Å². The summed E-state index contributed by atoms with van der Waals surface area (Å²) in [6.45, 7) is 0. The lowest BCUT2D eigenvalue weighted by atomic mass is 9.96. The molecule has 58 valence electrons. The molecule has 0 spiro atoms. The first-order valence-electron chi connectivity index (χ1n) is 3.34. The number of hydrogen-bond acceptors (Lipinski definition) is 4. The molecule has 0 amide bonds. The summed E-state index contributed by atoms with van der Waals surface area (Å²) in [7, 11) is 0. The van der Waals surface area contributed by atoms with Crippen molar-refractivity contribution in [3.8, 4) is 0 Å². The molecule has 11 heavy (non-hydrogen) atoms. The van der Waals surface area contributed by atoms with E-state index in [4.69, 9.17) is 0 Å². The van der Waals surface area contributed by atoms with E-state index in [1.54, 1.807) is 0 Å². The minimum Gasteiger partial charge on any atom is -0.298 e. The SMILES string of the molecule is O=CC1=C(N=O)CCCC1=O. The van der Waals surface area contributed by atoms with Crippen molar-refractivity contribution >= 4 is 12.1 Å². The van der Waals surface area contributed by atoms with Crippen molar-refractivity contribution in [3.63, 3.8) is 0 Å². The van der Waals surface area contributed by atoms with Crippen molar-refractivity contribution in [2.75, 3.05) is 0 Å². The second kappa shape index (κ2) is 3.18. The average Bonchev–Trinajstić information content (AvgIpc) is 2.04. The number of carbonyl (C=O) groups is 2. The molecule has 0 aromatic rings. The molecule has 4 nitrogen and oxygen atoms in total. The first-order valence-corrected chi connectivity index (χ1v) is 3.34. The summed E-state index contributed by atoms with van der Waals surface area (Å²) < 4.78 is 0. The normalized spacial score (nSPS) is 18.4. The highest BCUT2D eigenvalue weighted by atomic mass is 16.3. The zero-order valence-corrected chi connectivity index (χ0v) is 5.87. The number of ketones is 1. The second-order valence-electron chi connectivity index (χ2n) is 2.35. The number of nitroso groups, excluding NO2 is 1. The highest BCUT2D eigenvalue weighted by Crippen LogP contribution is 2.20. The first-order chi connectivity index (χ1) is 5.29. The number of allylic oxidation sites excluding steroid dienone is 2. The maximum Gasteiger partial charge on any atom is 0.168 e. The van der Waals surface area contributed by atoms with Gasteiger partial charge >= 0.3 is 0 Å². The molecule has 0 fully saturated rings. The Balaban J connectivity index is 3.04. The van der Waals surface area contributed by atoms with E-state index in [1.807, 2.05) is 0 Å². The van der Waals surface area contributed by atoms with Gasteiger partial charge in [0.15, 0.2) is 12.1 Å². The van der Waals surface area contributed by atoms with Crippen LogP contribution in [0.4, 0.5) is 0 Å².